The zero-order chi connectivity index (χ0) is 19.1. The number of benzene rings is 3. The molecule has 0 heterocycles. The molecule has 4 nitrogen and oxygen atoms in total. The van der Waals surface area contributed by atoms with E-state index in [9.17, 15) is 23.2 Å². The third-order valence-electron chi connectivity index (χ3n) is 4.36. The predicted molar refractivity (Wildman–Crippen MR) is 94.1 cm³/mol. The summed E-state index contributed by atoms with van der Waals surface area (Å²) in [5.41, 5.74) is 0.925. The molecular weight excluding hydrogens is 352 g/mol. The van der Waals surface area contributed by atoms with Crippen LogP contribution in [0, 0.1) is 11.6 Å². The predicted octanol–water partition coefficient (Wildman–Crippen LogP) is 3.99. The minimum Gasteiger partial charge on any atom is -0.322 e. The summed E-state index contributed by atoms with van der Waals surface area (Å²) in [6.45, 7) is 0. The van der Waals surface area contributed by atoms with Crippen molar-refractivity contribution in [1.82, 2.24) is 0 Å². The topological polar surface area (TPSA) is 63.2 Å². The van der Waals surface area contributed by atoms with Gasteiger partial charge in [0.2, 0.25) is 0 Å². The van der Waals surface area contributed by atoms with Gasteiger partial charge in [0.05, 0.1) is 5.56 Å². The molecule has 3 aromatic rings. The van der Waals surface area contributed by atoms with E-state index in [1.807, 2.05) is 0 Å². The quantitative estimate of drug-likeness (QED) is 0.586. The standard InChI is InChI=1S/C21H11F2NO3/c22-11-5-7-16(18(23)9-11)21(27)24-12-6-8-15-17(10-12)20(26)14-4-2-1-3-13(14)19(15)25/h1-10H,(H,24,27). The molecule has 1 amide bonds. The second-order valence-electron chi connectivity index (χ2n) is 6.04. The highest BCUT2D eigenvalue weighted by molar-refractivity contribution is 6.28. The summed E-state index contributed by atoms with van der Waals surface area (Å²) in [5, 5.41) is 2.46. The highest BCUT2D eigenvalue weighted by Crippen LogP contribution is 2.29. The minimum absolute atomic E-state index is 0.163. The van der Waals surface area contributed by atoms with Gasteiger partial charge in [0, 0.05) is 34.0 Å². The third-order valence-corrected chi connectivity index (χ3v) is 4.36. The van der Waals surface area contributed by atoms with Gasteiger partial charge in [-0.1, -0.05) is 24.3 Å². The summed E-state index contributed by atoms with van der Waals surface area (Å²) >= 11 is 0. The summed E-state index contributed by atoms with van der Waals surface area (Å²) in [7, 11) is 0. The van der Waals surface area contributed by atoms with Crippen LogP contribution in [-0.4, -0.2) is 17.5 Å². The van der Waals surface area contributed by atoms with Crippen LogP contribution in [-0.2, 0) is 0 Å². The molecule has 0 atom stereocenters. The van der Waals surface area contributed by atoms with Crippen molar-refractivity contribution in [2.24, 2.45) is 0 Å². The van der Waals surface area contributed by atoms with Gasteiger partial charge in [0.1, 0.15) is 11.6 Å². The van der Waals surface area contributed by atoms with Crippen LogP contribution >= 0.6 is 0 Å². The zero-order valence-corrected chi connectivity index (χ0v) is 13.8. The number of fused-ring (bicyclic) bond motifs is 2. The van der Waals surface area contributed by atoms with Crippen molar-refractivity contribution >= 4 is 23.2 Å². The Kier molecular flexibility index (Phi) is 3.88. The van der Waals surface area contributed by atoms with E-state index in [4.69, 9.17) is 0 Å². The van der Waals surface area contributed by atoms with Crippen LogP contribution in [0.3, 0.4) is 0 Å². The van der Waals surface area contributed by atoms with Gasteiger partial charge in [-0.05, 0) is 30.3 Å². The molecule has 27 heavy (non-hydrogen) atoms. The molecule has 1 aliphatic carbocycles. The summed E-state index contributed by atoms with van der Waals surface area (Å²) in [6, 6.07) is 13.4. The Bertz CT molecular complexity index is 1140. The Morgan fingerprint density at radius 3 is 2.04 bits per heavy atom. The molecule has 0 radical (unpaired) electrons. The van der Waals surface area contributed by atoms with E-state index in [-0.39, 0.29) is 33.9 Å². The molecule has 6 heteroatoms. The Labute approximate surface area is 152 Å². The van der Waals surface area contributed by atoms with Crippen LogP contribution in [0.2, 0.25) is 0 Å². The summed E-state index contributed by atoms with van der Waals surface area (Å²) in [6.07, 6.45) is 0. The van der Waals surface area contributed by atoms with Crippen molar-refractivity contribution < 1.29 is 23.2 Å². The Morgan fingerprint density at radius 1 is 0.741 bits per heavy atom. The van der Waals surface area contributed by atoms with Crippen molar-refractivity contribution in [2.75, 3.05) is 5.32 Å². The zero-order valence-electron chi connectivity index (χ0n) is 13.8. The van der Waals surface area contributed by atoms with Gasteiger partial charge in [-0.2, -0.15) is 0 Å². The first-order valence-electron chi connectivity index (χ1n) is 8.04. The van der Waals surface area contributed by atoms with Crippen molar-refractivity contribution in [2.45, 2.75) is 0 Å². The van der Waals surface area contributed by atoms with Crippen molar-refractivity contribution in [3.8, 4) is 0 Å². The lowest BCUT2D eigenvalue weighted by Gasteiger charge is -2.18. The molecule has 1 aliphatic rings. The molecule has 0 saturated heterocycles. The molecule has 0 fully saturated rings. The maximum absolute atomic E-state index is 13.8. The molecule has 0 saturated carbocycles. The van der Waals surface area contributed by atoms with E-state index < -0.39 is 17.5 Å². The van der Waals surface area contributed by atoms with Crippen LogP contribution in [0.1, 0.15) is 42.2 Å². The lowest BCUT2D eigenvalue weighted by Crippen LogP contribution is -2.21. The van der Waals surface area contributed by atoms with Gasteiger partial charge in [-0.3, -0.25) is 14.4 Å². The highest BCUT2D eigenvalue weighted by Gasteiger charge is 2.29. The first kappa shape index (κ1) is 16.8. The van der Waals surface area contributed by atoms with E-state index in [2.05, 4.69) is 5.32 Å². The second kappa shape index (κ2) is 6.25. The normalized spacial score (nSPS) is 12.4. The fourth-order valence-electron chi connectivity index (χ4n) is 3.05. The lowest BCUT2D eigenvalue weighted by molar-refractivity contribution is 0.0979. The van der Waals surface area contributed by atoms with E-state index in [0.717, 1.165) is 12.1 Å². The third kappa shape index (κ3) is 2.81. The van der Waals surface area contributed by atoms with Crippen LogP contribution in [0.25, 0.3) is 0 Å². The molecule has 0 spiro atoms. The smallest absolute Gasteiger partial charge is 0.258 e. The fraction of sp³-hybridized carbons (Fsp3) is 0. The van der Waals surface area contributed by atoms with Gasteiger partial charge in [-0.15, -0.1) is 0 Å². The minimum atomic E-state index is -0.995. The van der Waals surface area contributed by atoms with Crippen LogP contribution in [0.5, 0.6) is 0 Å². The molecule has 0 aromatic heterocycles. The molecule has 0 bridgehead atoms. The van der Waals surface area contributed by atoms with Crippen LogP contribution in [0.4, 0.5) is 14.5 Å². The molecule has 0 aliphatic heterocycles. The average Bonchev–Trinajstić information content (AvgIpc) is 2.66. The number of anilines is 1. The fourth-order valence-corrected chi connectivity index (χ4v) is 3.05. The largest absolute Gasteiger partial charge is 0.322 e. The monoisotopic (exact) mass is 363 g/mol. The van der Waals surface area contributed by atoms with Gasteiger partial charge in [0.15, 0.2) is 11.6 Å². The van der Waals surface area contributed by atoms with E-state index >= 15 is 0 Å². The second-order valence-corrected chi connectivity index (χ2v) is 6.04. The number of rotatable bonds is 2. The number of halogens is 2. The molecule has 0 unspecified atom stereocenters. The van der Waals surface area contributed by atoms with Gasteiger partial charge >= 0.3 is 0 Å². The van der Waals surface area contributed by atoms with Gasteiger partial charge < -0.3 is 5.32 Å². The highest BCUT2D eigenvalue weighted by atomic mass is 19.1. The van der Waals surface area contributed by atoms with Gasteiger partial charge in [-0.25, -0.2) is 8.78 Å². The number of amides is 1. The molecule has 3 aromatic carbocycles. The van der Waals surface area contributed by atoms with Crippen molar-refractivity contribution in [1.29, 1.82) is 0 Å². The molecule has 1 N–H and O–H groups in total. The number of ketones is 2. The number of carbonyl (C=O) groups excluding carboxylic acids is 3. The SMILES string of the molecule is O=C(Nc1ccc2c(c1)C(=O)c1ccccc1C2=O)c1ccc(F)cc1F. The summed E-state index contributed by atoms with van der Waals surface area (Å²) in [4.78, 5) is 37.5. The Balaban J connectivity index is 1.68. The van der Waals surface area contributed by atoms with Crippen molar-refractivity contribution in [3.05, 3.63) is 100 Å². The Hall–Kier alpha value is -3.67. The van der Waals surface area contributed by atoms with Crippen molar-refractivity contribution in [3.63, 3.8) is 0 Å². The van der Waals surface area contributed by atoms with Crippen LogP contribution in [0.15, 0.2) is 60.7 Å². The molecule has 4 rings (SSSR count). The molecule has 132 valence electrons. The number of carbonyl (C=O) groups is 3. The first-order chi connectivity index (χ1) is 13.0. The maximum atomic E-state index is 13.8. The van der Waals surface area contributed by atoms with E-state index in [1.54, 1.807) is 24.3 Å². The van der Waals surface area contributed by atoms with E-state index in [0.29, 0.717) is 17.2 Å². The average molecular weight is 363 g/mol. The first-order valence-corrected chi connectivity index (χ1v) is 8.04. The van der Waals surface area contributed by atoms with Crippen LogP contribution < -0.4 is 5.32 Å². The lowest BCUT2D eigenvalue weighted by atomic mass is 9.84. The summed E-state index contributed by atoms with van der Waals surface area (Å²) < 4.78 is 26.7. The molecular formula is C21H11F2NO3. The maximum Gasteiger partial charge on any atom is 0.258 e. The number of hydrogen-bond acceptors (Lipinski definition) is 3. The number of hydrogen-bond donors (Lipinski definition) is 1. The summed E-state index contributed by atoms with van der Waals surface area (Å²) in [5.74, 6) is -3.18. The van der Waals surface area contributed by atoms with E-state index in [1.165, 1.54) is 18.2 Å². The Morgan fingerprint density at radius 2 is 1.37 bits per heavy atom. The number of nitrogens with one attached hydrogen (secondary N) is 1. The van der Waals surface area contributed by atoms with Gasteiger partial charge in [0.25, 0.3) is 5.91 Å².